The number of rotatable bonds is 7. The molecule has 1 aliphatic rings. The molecule has 1 unspecified atom stereocenters. The predicted molar refractivity (Wildman–Crippen MR) is 112 cm³/mol. The average Bonchev–Trinajstić information content (AvgIpc) is 2.85. The molecule has 29 heavy (non-hydrogen) atoms. The van der Waals surface area contributed by atoms with Crippen molar-refractivity contribution in [3.63, 3.8) is 0 Å². The van der Waals surface area contributed by atoms with Crippen LogP contribution in [0, 0.1) is 0 Å². The van der Waals surface area contributed by atoms with E-state index in [1.54, 1.807) is 9.25 Å². The Hall–Kier alpha value is -2.81. The maximum Gasteiger partial charge on any atom is 0.345 e. The molecule has 1 aromatic carbocycles. The van der Waals surface area contributed by atoms with Gasteiger partial charge < -0.3 is 20.3 Å². The maximum atomic E-state index is 12.6. The van der Waals surface area contributed by atoms with Crippen molar-refractivity contribution < 1.29 is 9.53 Å². The number of carbonyl (C=O) groups excluding carboxylic acids is 1. The standard InChI is InChI=1S/C20H30N6O3/c1-4-29-17-8-5-15(6-9-17)21-19(27)22-16-7-10-18-23-26(14-13-24(2)3)20(28)25(18)12-11-16/h5-6,8-9,16H,4,7,10-14H2,1-3H3,(H2,21,22,27). The van der Waals surface area contributed by atoms with Crippen LogP contribution in [0.2, 0.25) is 0 Å². The third-order valence-corrected chi connectivity index (χ3v) is 4.93. The van der Waals surface area contributed by atoms with Gasteiger partial charge in [0, 0.05) is 31.2 Å². The van der Waals surface area contributed by atoms with Gasteiger partial charge in [0.15, 0.2) is 0 Å². The number of ether oxygens (including phenoxy) is 1. The fourth-order valence-corrected chi connectivity index (χ4v) is 3.37. The first kappa shape index (κ1) is 20.9. The van der Waals surface area contributed by atoms with E-state index < -0.39 is 0 Å². The van der Waals surface area contributed by atoms with E-state index in [4.69, 9.17) is 4.74 Å². The molecule has 0 spiro atoms. The molecule has 2 amide bonds. The lowest BCUT2D eigenvalue weighted by molar-refractivity contribution is 0.247. The third-order valence-electron chi connectivity index (χ3n) is 4.93. The van der Waals surface area contributed by atoms with Crippen molar-refractivity contribution in [3.8, 4) is 5.75 Å². The number of carbonyl (C=O) groups is 1. The summed E-state index contributed by atoms with van der Waals surface area (Å²) in [6.45, 7) is 4.44. The number of hydrogen-bond acceptors (Lipinski definition) is 5. The molecule has 2 aromatic rings. The van der Waals surface area contributed by atoms with E-state index in [1.807, 2.05) is 50.2 Å². The molecule has 1 atom stereocenters. The van der Waals surface area contributed by atoms with E-state index in [0.717, 1.165) is 24.5 Å². The number of fused-ring (bicyclic) bond motifs is 1. The molecule has 2 heterocycles. The van der Waals surface area contributed by atoms with Crippen LogP contribution in [-0.2, 0) is 19.5 Å². The van der Waals surface area contributed by atoms with Crippen LogP contribution < -0.4 is 21.1 Å². The van der Waals surface area contributed by atoms with Crippen LogP contribution in [0.1, 0.15) is 25.6 Å². The van der Waals surface area contributed by atoms with Crippen molar-refractivity contribution >= 4 is 11.7 Å². The quantitative estimate of drug-likeness (QED) is 0.733. The number of urea groups is 1. The Morgan fingerprint density at radius 1 is 1.28 bits per heavy atom. The highest BCUT2D eigenvalue weighted by molar-refractivity contribution is 5.89. The van der Waals surface area contributed by atoms with E-state index in [9.17, 15) is 9.59 Å². The molecule has 158 valence electrons. The topological polar surface area (TPSA) is 93.4 Å². The molecule has 0 bridgehead atoms. The summed E-state index contributed by atoms with van der Waals surface area (Å²) in [4.78, 5) is 26.9. The number of aryl methyl sites for hydroxylation is 1. The number of nitrogens with one attached hydrogen (secondary N) is 2. The smallest absolute Gasteiger partial charge is 0.345 e. The highest BCUT2D eigenvalue weighted by atomic mass is 16.5. The Balaban J connectivity index is 1.53. The first-order chi connectivity index (χ1) is 14.0. The summed E-state index contributed by atoms with van der Waals surface area (Å²) in [6.07, 6.45) is 2.11. The first-order valence-electron chi connectivity index (χ1n) is 10.1. The first-order valence-corrected chi connectivity index (χ1v) is 10.1. The number of amides is 2. The molecule has 1 aromatic heterocycles. The molecule has 0 fully saturated rings. The average molecular weight is 402 g/mol. The monoisotopic (exact) mass is 402 g/mol. The molecule has 0 saturated carbocycles. The minimum atomic E-state index is -0.248. The largest absolute Gasteiger partial charge is 0.494 e. The molecule has 9 heteroatoms. The molecular weight excluding hydrogens is 372 g/mol. The summed E-state index contributed by atoms with van der Waals surface area (Å²) in [5, 5.41) is 10.3. The van der Waals surface area contributed by atoms with Crippen molar-refractivity contribution in [2.24, 2.45) is 0 Å². The second kappa shape index (κ2) is 9.60. The normalized spacial score (nSPS) is 16.2. The van der Waals surface area contributed by atoms with Crippen molar-refractivity contribution in [3.05, 3.63) is 40.6 Å². The molecular formula is C20H30N6O3. The number of anilines is 1. The van der Waals surface area contributed by atoms with E-state index in [2.05, 4.69) is 15.7 Å². The summed E-state index contributed by atoms with van der Waals surface area (Å²) >= 11 is 0. The zero-order chi connectivity index (χ0) is 20.8. The lowest BCUT2D eigenvalue weighted by Crippen LogP contribution is -2.38. The fourth-order valence-electron chi connectivity index (χ4n) is 3.37. The molecule has 0 saturated heterocycles. The van der Waals surface area contributed by atoms with E-state index in [-0.39, 0.29) is 17.8 Å². The van der Waals surface area contributed by atoms with Gasteiger partial charge in [-0.25, -0.2) is 14.3 Å². The predicted octanol–water partition coefficient (Wildman–Crippen LogP) is 1.53. The number of benzene rings is 1. The second-order valence-electron chi connectivity index (χ2n) is 7.46. The Kier molecular flexibility index (Phi) is 6.92. The van der Waals surface area contributed by atoms with Crippen molar-refractivity contribution in [1.29, 1.82) is 0 Å². The van der Waals surface area contributed by atoms with Crippen LogP contribution >= 0.6 is 0 Å². The molecule has 1 aliphatic heterocycles. The van der Waals surface area contributed by atoms with E-state index in [1.165, 1.54) is 0 Å². The van der Waals surface area contributed by atoms with Crippen LogP contribution in [0.25, 0.3) is 0 Å². The number of likely N-dealkylation sites (N-methyl/N-ethyl adjacent to an activating group) is 1. The zero-order valence-electron chi connectivity index (χ0n) is 17.4. The molecule has 3 rings (SSSR count). The van der Waals surface area contributed by atoms with Crippen LogP contribution in [-0.4, -0.2) is 58.6 Å². The molecule has 0 radical (unpaired) electrons. The highest BCUT2D eigenvalue weighted by Gasteiger charge is 2.22. The molecule has 9 nitrogen and oxygen atoms in total. The number of aromatic nitrogens is 3. The van der Waals surface area contributed by atoms with Gasteiger partial charge >= 0.3 is 11.7 Å². The van der Waals surface area contributed by atoms with Gasteiger partial charge in [0.2, 0.25) is 0 Å². The second-order valence-corrected chi connectivity index (χ2v) is 7.46. The van der Waals surface area contributed by atoms with Crippen LogP contribution in [0.4, 0.5) is 10.5 Å². The Morgan fingerprint density at radius 3 is 2.72 bits per heavy atom. The van der Waals surface area contributed by atoms with Gasteiger partial charge in [-0.15, -0.1) is 0 Å². The van der Waals surface area contributed by atoms with Crippen molar-refractivity contribution in [2.75, 3.05) is 32.6 Å². The minimum absolute atomic E-state index is 0.00553. The summed E-state index contributed by atoms with van der Waals surface area (Å²) in [5.41, 5.74) is 0.637. The highest BCUT2D eigenvalue weighted by Crippen LogP contribution is 2.16. The van der Waals surface area contributed by atoms with E-state index in [0.29, 0.717) is 38.2 Å². The van der Waals surface area contributed by atoms with Crippen molar-refractivity contribution in [1.82, 2.24) is 24.6 Å². The van der Waals surface area contributed by atoms with Gasteiger partial charge in [0.25, 0.3) is 0 Å². The van der Waals surface area contributed by atoms with Crippen LogP contribution in [0.3, 0.4) is 0 Å². The lowest BCUT2D eigenvalue weighted by Gasteiger charge is -2.17. The SMILES string of the molecule is CCOc1ccc(NC(=O)NC2CCc3nn(CCN(C)C)c(=O)n3CC2)cc1. The van der Waals surface area contributed by atoms with Gasteiger partial charge in [0.05, 0.1) is 13.2 Å². The summed E-state index contributed by atoms with van der Waals surface area (Å²) in [5.74, 6) is 1.57. The van der Waals surface area contributed by atoms with Gasteiger partial charge in [-0.2, -0.15) is 5.10 Å². The van der Waals surface area contributed by atoms with Gasteiger partial charge in [0.1, 0.15) is 11.6 Å². The zero-order valence-corrected chi connectivity index (χ0v) is 17.4. The summed E-state index contributed by atoms with van der Waals surface area (Å²) < 4.78 is 8.68. The maximum absolute atomic E-state index is 12.6. The fraction of sp³-hybridized carbons (Fsp3) is 0.550. The van der Waals surface area contributed by atoms with E-state index >= 15 is 0 Å². The minimum Gasteiger partial charge on any atom is -0.494 e. The Morgan fingerprint density at radius 2 is 2.03 bits per heavy atom. The van der Waals surface area contributed by atoms with Crippen LogP contribution in [0.15, 0.2) is 29.1 Å². The number of nitrogens with zero attached hydrogens (tertiary/aromatic N) is 4. The van der Waals surface area contributed by atoms with Crippen LogP contribution in [0.5, 0.6) is 5.75 Å². The molecule has 2 N–H and O–H groups in total. The lowest BCUT2D eigenvalue weighted by atomic mass is 10.1. The number of hydrogen-bond donors (Lipinski definition) is 2. The van der Waals surface area contributed by atoms with Gasteiger partial charge in [-0.3, -0.25) is 4.57 Å². The van der Waals surface area contributed by atoms with Gasteiger partial charge in [-0.05, 0) is 58.1 Å². The van der Waals surface area contributed by atoms with Gasteiger partial charge in [-0.1, -0.05) is 0 Å². The summed E-state index contributed by atoms with van der Waals surface area (Å²) in [6, 6.07) is 7.01. The molecule has 0 aliphatic carbocycles. The van der Waals surface area contributed by atoms with Crippen molar-refractivity contribution in [2.45, 2.75) is 45.3 Å². The Bertz CT molecular complexity index is 871. The third kappa shape index (κ3) is 5.60. The summed E-state index contributed by atoms with van der Waals surface area (Å²) in [7, 11) is 3.95. The Labute approximate surface area is 170 Å².